The van der Waals surface area contributed by atoms with E-state index in [9.17, 15) is 9.18 Å². The molecule has 3 rings (SSSR count). The maximum Gasteiger partial charge on any atom is 0.343 e. The average molecular weight is 280 g/mol. The van der Waals surface area contributed by atoms with Crippen molar-refractivity contribution < 1.29 is 8.81 Å². The Kier molecular flexibility index (Phi) is 3.40. The first kappa shape index (κ1) is 13.3. The Bertz CT molecular complexity index is 874. The highest BCUT2D eigenvalue weighted by atomic mass is 19.1. The molecule has 2 aromatic carbocycles. The van der Waals surface area contributed by atoms with E-state index in [0.29, 0.717) is 11.1 Å². The second kappa shape index (κ2) is 5.37. The van der Waals surface area contributed by atoms with Crippen LogP contribution < -0.4 is 5.63 Å². The minimum absolute atomic E-state index is 0.284. The first-order chi connectivity index (χ1) is 10.1. The van der Waals surface area contributed by atoms with Crippen molar-refractivity contribution in [1.82, 2.24) is 0 Å². The van der Waals surface area contributed by atoms with Crippen molar-refractivity contribution in [2.24, 2.45) is 0 Å². The highest BCUT2D eigenvalue weighted by Gasteiger charge is 2.02. The van der Waals surface area contributed by atoms with Gasteiger partial charge in [-0.2, -0.15) is 0 Å². The van der Waals surface area contributed by atoms with Crippen molar-refractivity contribution in [1.29, 1.82) is 0 Å². The molecule has 0 aliphatic rings. The van der Waals surface area contributed by atoms with Gasteiger partial charge in [-0.05, 0) is 48.9 Å². The molecule has 0 bridgehead atoms. The van der Waals surface area contributed by atoms with Crippen molar-refractivity contribution in [3.8, 4) is 0 Å². The summed E-state index contributed by atoms with van der Waals surface area (Å²) in [6.07, 6.45) is 3.44. The minimum Gasteiger partial charge on any atom is -0.422 e. The van der Waals surface area contributed by atoms with Gasteiger partial charge in [0.15, 0.2) is 0 Å². The summed E-state index contributed by atoms with van der Waals surface area (Å²) < 4.78 is 18.1. The van der Waals surface area contributed by atoms with Gasteiger partial charge in [0.2, 0.25) is 0 Å². The fraction of sp³-hybridized carbons (Fsp3) is 0.0556. The molecule has 0 aliphatic heterocycles. The number of benzene rings is 2. The summed E-state index contributed by atoms with van der Waals surface area (Å²) in [5, 5.41) is 0.883. The number of hydrogen-bond donors (Lipinski definition) is 0. The fourth-order valence-corrected chi connectivity index (χ4v) is 2.13. The molecule has 0 saturated heterocycles. The molecule has 2 nitrogen and oxygen atoms in total. The van der Waals surface area contributed by atoms with Crippen molar-refractivity contribution in [2.75, 3.05) is 0 Å². The smallest absolute Gasteiger partial charge is 0.343 e. The Labute approximate surface area is 121 Å². The Morgan fingerprint density at radius 1 is 1.00 bits per heavy atom. The maximum atomic E-state index is 12.8. The lowest BCUT2D eigenvalue weighted by Gasteiger charge is -2.00. The number of aryl methyl sites for hydroxylation is 1. The van der Waals surface area contributed by atoms with Crippen LogP contribution in [0.4, 0.5) is 4.39 Å². The highest BCUT2D eigenvalue weighted by Crippen LogP contribution is 2.16. The maximum absolute atomic E-state index is 12.8. The van der Waals surface area contributed by atoms with Crippen molar-refractivity contribution in [3.63, 3.8) is 0 Å². The van der Waals surface area contributed by atoms with Crippen molar-refractivity contribution >= 4 is 23.1 Å². The largest absolute Gasteiger partial charge is 0.422 e. The van der Waals surface area contributed by atoms with Gasteiger partial charge in [0, 0.05) is 5.39 Å². The molecule has 21 heavy (non-hydrogen) atoms. The van der Waals surface area contributed by atoms with Gasteiger partial charge in [-0.25, -0.2) is 9.18 Å². The Morgan fingerprint density at radius 2 is 1.76 bits per heavy atom. The monoisotopic (exact) mass is 280 g/mol. The number of hydrogen-bond acceptors (Lipinski definition) is 2. The van der Waals surface area contributed by atoms with Gasteiger partial charge >= 0.3 is 5.63 Å². The van der Waals surface area contributed by atoms with Gasteiger partial charge in [-0.3, -0.25) is 0 Å². The normalized spacial score (nSPS) is 11.3. The van der Waals surface area contributed by atoms with Gasteiger partial charge in [-0.15, -0.1) is 0 Å². The molecule has 0 fully saturated rings. The zero-order valence-corrected chi connectivity index (χ0v) is 11.5. The summed E-state index contributed by atoms with van der Waals surface area (Å²) in [5.74, 6) is -0.284. The molecule has 1 aromatic heterocycles. The lowest BCUT2D eigenvalue weighted by atomic mass is 10.1. The highest BCUT2D eigenvalue weighted by molar-refractivity contribution is 5.81. The predicted octanol–water partition coefficient (Wildman–Crippen LogP) is 4.41. The number of halogens is 1. The topological polar surface area (TPSA) is 30.2 Å². The van der Waals surface area contributed by atoms with Crippen LogP contribution in [0.2, 0.25) is 0 Å². The zero-order valence-electron chi connectivity index (χ0n) is 11.5. The Balaban J connectivity index is 2.01. The lowest BCUT2D eigenvalue weighted by molar-refractivity contribution is 0.559. The summed E-state index contributed by atoms with van der Waals surface area (Å²) >= 11 is 0. The second-order valence-electron chi connectivity index (χ2n) is 4.92. The molecule has 0 atom stereocenters. The molecule has 0 amide bonds. The van der Waals surface area contributed by atoms with Gasteiger partial charge in [0.1, 0.15) is 11.4 Å². The quantitative estimate of drug-likeness (QED) is 0.651. The molecule has 0 aliphatic carbocycles. The summed E-state index contributed by atoms with van der Waals surface area (Å²) in [5.41, 5.74) is 2.58. The standard InChI is InChI=1S/C18H13FO2/c1-12-2-9-17-15(10-12)11-14(18(20)21-17)6-3-13-4-7-16(19)8-5-13/h2-11H,1H3/b6-3+. The van der Waals surface area contributed by atoms with Crippen LogP contribution >= 0.6 is 0 Å². The van der Waals surface area contributed by atoms with E-state index in [-0.39, 0.29) is 11.4 Å². The summed E-state index contributed by atoms with van der Waals surface area (Å²) in [4.78, 5) is 11.9. The molecule has 0 radical (unpaired) electrons. The molecule has 1 heterocycles. The summed E-state index contributed by atoms with van der Waals surface area (Å²) in [6.45, 7) is 1.98. The molecule has 0 saturated carbocycles. The van der Waals surface area contributed by atoms with Gasteiger partial charge in [0.05, 0.1) is 5.56 Å². The van der Waals surface area contributed by atoms with Crippen molar-refractivity contribution in [2.45, 2.75) is 6.92 Å². The van der Waals surface area contributed by atoms with Crippen LogP contribution in [0.5, 0.6) is 0 Å². The second-order valence-corrected chi connectivity index (χ2v) is 4.92. The van der Waals surface area contributed by atoms with Gasteiger partial charge < -0.3 is 4.42 Å². The van der Waals surface area contributed by atoms with E-state index in [1.54, 1.807) is 36.4 Å². The van der Waals surface area contributed by atoms with E-state index in [1.165, 1.54) is 12.1 Å². The molecular weight excluding hydrogens is 267 g/mol. The summed E-state index contributed by atoms with van der Waals surface area (Å²) in [6, 6.07) is 13.5. The first-order valence-corrected chi connectivity index (χ1v) is 6.60. The van der Waals surface area contributed by atoms with E-state index in [2.05, 4.69) is 0 Å². The van der Waals surface area contributed by atoms with Gasteiger partial charge in [-0.1, -0.05) is 29.8 Å². The molecule has 0 unspecified atom stereocenters. The van der Waals surface area contributed by atoms with Crippen LogP contribution in [0.3, 0.4) is 0 Å². The average Bonchev–Trinajstić information content (AvgIpc) is 2.47. The van der Waals surface area contributed by atoms with E-state index in [1.807, 2.05) is 19.1 Å². The SMILES string of the molecule is Cc1ccc2oc(=O)c(/C=C/c3ccc(F)cc3)cc2c1. The third-order valence-corrected chi connectivity index (χ3v) is 3.24. The predicted molar refractivity (Wildman–Crippen MR) is 82.5 cm³/mol. The third-order valence-electron chi connectivity index (χ3n) is 3.24. The van der Waals surface area contributed by atoms with Crippen LogP contribution in [0.25, 0.3) is 23.1 Å². The van der Waals surface area contributed by atoms with Gasteiger partial charge in [0.25, 0.3) is 0 Å². The van der Waals surface area contributed by atoms with Crippen LogP contribution in [0, 0.1) is 12.7 Å². The number of fused-ring (bicyclic) bond motifs is 1. The third kappa shape index (κ3) is 2.92. The molecular formula is C18H13FO2. The van der Waals surface area contributed by atoms with Crippen LogP contribution in [-0.4, -0.2) is 0 Å². The van der Waals surface area contributed by atoms with E-state index in [4.69, 9.17) is 4.42 Å². The summed E-state index contributed by atoms with van der Waals surface area (Å²) in [7, 11) is 0. The molecule has 0 spiro atoms. The van der Waals surface area contributed by atoms with Crippen LogP contribution in [0.1, 0.15) is 16.7 Å². The fourth-order valence-electron chi connectivity index (χ4n) is 2.13. The Morgan fingerprint density at radius 3 is 2.52 bits per heavy atom. The minimum atomic E-state index is -0.385. The Hall–Kier alpha value is -2.68. The lowest BCUT2D eigenvalue weighted by Crippen LogP contribution is -2.02. The van der Waals surface area contributed by atoms with Crippen LogP contribution in [-0.2, 0) is 0 Å². The van der Waals surface area contributed by atoms with E-state index in [0.717, 1.165) is 16.5 Å². The number of rotatable bonds is 2. The van der Waals surface area contributed by atoms with E-state index < -0.39 is 0 Å². The molecule has 3 heteroatoms. The van der Waals surface area contributed by atoms with Crippen LogP contribution in [0.15, 0.2) is 57.7 Å². The zero-order chi connectivity index (χ0) is 14.8. The molecule has 104 valence electrons. The van der Waals surface area contributed by atoms with E-state index >= 15 is 0 Å². The molecule has 3 aromatic rings. The van der Waals surface area contributed by atoms with Crippen molar-refractivity contribution in [3.05, 3.63) is 81.5 Å². The molecule has 0 N–H and O–H groups in total. The first-order valence-electron chi connectivity index (χ1n) is 6.60.